The van der Waals surface area contributed by atoms with Gasteiger partial charge in [-0.2, -0.15) is 0 Å². The van der Waals surface area contributed by atoms with Crippen molar-refractivity contribution in [3.05, 3.63) is 50.1 Å². The normalized spacial score (nSPS) is 12.2. The number of hydrogen-bond donors (Lipinski definition) is 1. The molecule has 1 aromatic carbocycles. The average Bonchev–Trinajstić information content (AvgIpc) is 2.80. The van der Waals surface area contributed by atoms with Crippen molar-refractivity contribution in [2.75, 3.05) is 7.11 Å². The molecule has 1 N–H and O–H groups in total. The molecule has 0 fully saturated rings. The monoisotopic (exact) mass is 388 g/mol. The molecule has 1 heterocycles. The number of halogens is 1. The van der Waals surface area contributed by atoms with Crippen molar-refractivity contribution in [2.24, 2.45) is 0 Å². The Hall–Kier alpha value is -1.15. The molecule has 1 unspecified atom stereocenters. The first-order valence-electron chi connectivity index (χ1n) is 5.68. The number of aromatic amines is 1. The van der Waals surface area contributed by atoms with Gasteiger partial charge in [0.05, 0.1) is 13.2 Å². The molecule has 0 aliphatic rings. The van der Waals surface area contributed by atoms with Gasteiger partial charge in [0.25, 0.3) is 0 Å². The molecule has 2 aromatic rings. The number of methoxy groups -OCH3 is 1. The van der Waals surface area contributed by atoms with Crippen LogP contribution in [0.1, 0.15) is 29.0 Å². The lowest BCUT2D eigenvalue weighted by Crippen LogP contribution is -2.15. The Morgan fingerprint density at radius 3 is 2.63 bits per heavy atom. The van der Waals surface area contributed by atoms with Crippen LogP contribution in [0.4, 0.5) is 0 Å². The van der Waals surface area contributed by atoms with E-state index in [1.807, 2.05) is 31.2 Å². The summed E-state index contributed by atoms with van der Waals surface area (Å²) < 4.78 is 8.21. The lowest BCUT2D eigenvalue weighted by molar-refractivity contribution is 0.0587. The SMILES string of the molecule is COC(=O)c1c[nH]c(=S)n1C(C)c1ccc(I)cc1. The minimum absolute atomic E-state index is 0.0372. The zero-order valence-corrected chi connectivity index (χ0v) is 13.5. The number of carbonyl (C=O) groups excluding carboxylic acids is 1. The van der Waals surface area contributed by atoms with Gasteiger partial charge in [0, 0.05) is 9.77 Å². The summed E-state index contributed by atoms with van der Waals surface area (Å²) >= 11 is 7.50. The van der Waals surface area contributed by atoms with E-state index in [0.29, 0.717) is 10.5 Å². The highest BCUT2D eigenvalue weighted by molar-refractivity contribution is 14.1. The van der Waals surface area contributed by atoms with E-state index in [1.54, 1.807) is 10.8 Å². The number of hydrogen-bond acceptors (Lipinski definition) is 3. The third-order valence-corrected chi connectivity index (χ3v) is 3.98. The van der Waals surface area contributed by atoms with Crippen molar-refractivity contribution in [1.82, 2.24) is 9.55 Å². The maximum absolute atomic E-state index is 11.7. The van der Waals surface area contributed by atoms with Crippen LogP contribution in [0.2, 0.25) is 0 Å². The highest BCUT2D eigenvalue weighted by atomic mass is 127. The molecule has 6 heteroatoms. The van der Waals surface area contributed by atoms with Crippen LogP contribution in [-0.2, 0) is 4.74 Å². The number of ether oxygens (including phenoxy) is 1. The number of H-pyrrole nitrogens is 1. The lowest BCUT2D eigenvalue weighted by Gasteiger charge is -2.16. The van der Waals surface area contributed by atoms with Crippen LogP contribution in [0.25, 0.3) is 0 Å². The predicted octanol–water partition coefficient (Wildman–Crippen LogP) is 3.55. The average molecular weight is 388 g/mol. The molecule has 0 saturated heterocycles. The molecule has 0 aliphatic heterocycles. The van der Waals surface area contributed by atoms with Gasteiger partial charge >= 0.3 is 5.97 Å². The minimum atomic E-state index is -0.398. The van der Waals surface area contributed by atoms with Crippen molar-refractivity contribution in [2.45, 2.75) is 13.0 Å². The molecule has 0 spiro atoms. The van der Waals surface area contributed by atoms with Crippen molar-refractivity contribution in [1.29, 1.82) is 0 Å². The first kappa shape index (κ1) is 14.3. The topological polar surface area (TPSA) is 47.0 Å². The molecule has 0 radical (unpaired) electrons. The van der Waals surface area contributed by atoms with Gasteiger partial charge in [0.2, 0.25) is 0 Å². The second-order valence-corrected chi connectivity index (χ2v) is 5.70. The molecule has 0 aliphatic carbocycles. The highest BCUT2D eigenvalue weighted by Crippen LogP contribution is 2.21. The summed E-state index contributed by atoms with van der Waals surface area (Å²) in [7, 11) is 1.36. The molecule has 0 amide bonds. The smallest absolute Gasteiger partial charge is 0.356 e. The summed E-state index contributed by atoms with van der Waals surface area (Å²) in [6.07, 6.45) is 1.58. The standard InChI is InChI=1S/C13H13IN2O2S/c1-8(9-3-5-10(14)6-4-9)16-11(12(17)18-2)7-15-13(16)19/h3-8H,1-2H3,(H,15,19). The van der Waals surface area contributed by atoms with Gasteiger partial charge in [-0.05, 0) is 59.4 Å². The van der Waals surface area contributed by atoms with Crippen LogP contribution in [-0.4, -0.2) is 22.6 Å². The maximum Gasteiger partial charge on any atom is 0.356 e. The first-order valence-corrected chi connectivity index (χ1v) is 7.17. The van der Waals surface area contributed by atoms with Crippen LogP contribution in [0.5, 0.6) is 0 Å². The lowest BCUT2D eigenvalue weighted by atomic mass is 10.1. The number of benzene rings is 1. The number of carbonyl (C=O) groups is 1. The van der Waals surface area contributed by atoms with E-state index >= 15 is 0 Å². The van der Waals surface area contributed by atoms with Crippen molar-refractivity contribution in [3.63, 3.8) is 0 Å². The summed E-state index contributed by atoms with van der Waals surface area (Å²) in [4.78, 5) is 14.6. The van der Waals surface area contributed by atoms with Gasteiger partial charge in [0.1, 0.15) is 5.69 Å². The van der Waals surface area contributed by atoms with Crippen LogP contribution < -0.4 is 0 Å². The van der Waals surface area contributed by atoms with Crippen LogP contribution >= 0.6 is 34.8 Å². The second-order valence-electron chi connectivity index (χ2n) is 4.07. The van der Waals surface area contributed by atoms with Crippen molar-refractivity contribution < 1.29 is 9.53 Å². The minimum Gasteiger partial charge on any atom is -0.464 e. The Morgan fingerprint density at radius 2 is 2.05 bits per heavy atom. The Bertz CT molecular complexity index is 645. The van der Waals surface area contributed by atoms with Gasteiger partial charge in [-0.1, -0.05) is 12.1 Å². The number of nitrogens with one attached hydrogen (secondary N) is 1. The summed E-state index contributed by atoms with van der Waals surface area (Å²) in [5.74, 6) is -0.398. The van der Waals surface area contributed by atoms with Crippen LogP contribution in [0, 0.1) is 8.34 Å². The fourth-order valence-corrected chi connectivity index (χ4v) is 2.59. The molecule has 2 rings (SSSR count). The maximum atomic E-state index is 11.7. The first-order chi connectivity index (χ1) is 9.04. The summed E-state index contributed by atoms with van der Waals surface area (Å²) in [5, 5.41) is 0. The number of rotatable bonds is 3. The van der Waals surface area contributed by atoms with Gasteiger partial charge in [-0.15, -0.1) is 0 Å². The fourth-order valence-electron chi connectivity index (χ4n) is 1.92. The number of aromatic nitrogens is 2. The van der Waals surface area contributed by atoms with Crippen LogP contribution in [0.3, 0.4) is 0 Å². The van der Waals surface area contributed by atoms with E-state index in [4.69, 9.17) is 17.0 Å². The Kier molecular flexibility index (Phi) is 4.41. The predicted molar refractivity (Wildman–Crippen MR) is 83.9 cm³/mol. The van der Waals surface area contributed by atoms with Gasteiger partial charge in [-0.3, -0.25) is 0 Å². The molecule has 4 nitrogen and oxygen atoms in total. The molecule has 0 bridgehead atoms. The molecule has 1 aromatic heterocycles. The molecular weight excluding hydrogens is 375 g/mol. The van der Waals surface area contributed by atoms with E-state index in [9.17, 15) is 4.79 Å². The third kappa shape index (κ3) is 2.89. The Labute approximate surface area is 129 Å². The summed E-state index contributed by atoms with van der Waals surface area (Å²) in [6, 6.07) is 8.08. The Balaban J connectivity index is 2.46. The van der Waals surface area contributed by atoms with Crippen molar-refractivity contribution in [3.8, 4) is 0 Å². The zero-order valence-electron chi connectivity index (χ0n) is 10.5. The fraction of sp³-hybridized carbons (Fsp3) is 0.231. The molecule has 0 saturated carbocycles. The van der Waals surface area contributed by atoms with Crippen molar-refractivity contribution >= 4 is 40.8 Å². The number of nitrogens with zero attached hydrogens (tertiary/aromatic N) is 1. The summed E-state index contributed by atoms with van der Waals surface area (Å²) in [6.45, 7) is 2.00. The van der Waals surface area contributed by atoms with E-state index in [2.05, 4.69) is 27.6 Å². The molecule has 100 valence electrons. The number of esters is 1. The zero-order chi connectivity index (χ0) is 14.0. The largest absolute Gasteiger partial charge is 0.464 e. The van der Waals surface area contributed by atoms with Gasteiger partial charge < -0.3 is 14.3 Å². The van der Waals surface area contributed by atoms with Crippen LogP contribution in [0.15, 0.2) is 30.5 Å². The molecule has 19 heavy (non-hydrogen) atoms. The van der Waals surface area contributed by atoms with E-state index < -0.39 is 5.97 Å². The molecule has 1 atom stereocenters. The second kappa shape index (κ2) is 5.87. The van der Waals surface area contributed by atoms with E-state index in [0.717, 1.165) is 5.56 Å². The van der Waals surface area contributed by atoms with Gasteiger partial charge in [-0.25, -0.2) is 4.79 Å². The third-order valence-electron chi connectivity index (χ3n) is 2.94. The molecular formula is C13H13IN2O2S. The quantitative estimate of drug-likeness (QED) is 0.497. The Morgan fingerprint density at radius 1 is 1.42 bits per heavy atom. The summed E-state index contributed by atoms with van der Waals surface area (Å²) in [5.41, 5.74) is 1.51. The highest BCUT2D eigenvalue weighted by Gasteiger charge is 2.18. The number of imidazole rings is 1. The van der Waals surface area contributed by atoms with E-state index in [-0.39, 0.29) is 6.04 Å². The van der Waals surface area contributed by atoms with Gasteiger partial charge in [0.15, 0.2) is 4.77 Å². The van der Waals surface area contributed by atoms with E-state index in [1.165, 1.54) is 10.7 Å².